The van der Waals surface area contributed by atoms with Gasteiger partial charge in [-0.15, -0.1) is 0 Å². The van der Waals surface area contributed by atoms with E-state index in [0.717, 1.165) is 32.9 Å². The highest BCUT2D eigenvalue weighted by Gasteiger charge is 2.18. The van der Waals surface area contributed by atoms with Gasteiger partial charge in [-0.1, -0.05) is 30.3 Å². The summed E-state index contributed by atoms with van der Waals surface area (Å²) in [6, 6.07) is 20.1. The second-order valence-corrected chi connectivity index (χ2v) is 9.44. The molecule has 5 rings (SSSR count). The van der Waals surface area contributed by atoms with Gasteiger partial charge in [-0.2, -0.15) is 10.4 Å². The first-order valence-corrected chi connectivity index (χ1v) is 11.5. The topological polar surface area (TPSA) is 99.7 Å². The van der Waals surface area contributed by atoms with Crippen LogP contribution in [-0.2, 0) is 0 Å². The first kappa shape index (κ1) is 22.0. The Morgan fingerprint density at radius 2 is 1.91 bits per heavy atom. The second kappa shape index (κ2) is 8.52. The summed E-state index contributed by atoms with van der Waals surface area (Å²) in [6.07, 6.45) is 3.50. The number of fused-ring (bicyclic) bond motifs is 2. The van der Waals surface area contributed by atoms with Gasteiger partial charge in [0.15, 0.2) is 5.69 Å². The van der Waals surface area contributed by atoms with Crippen molar-refractivity contribution in [2.24, 2.45) is 0 Å². The summed E-state index contributed by atoms with van der Waals surface area (Å²) in [6.45, 7) is 3.67. The van der Waals surface area contributed by atoms with E-state index in [4.69, 9.17) is 5.10 Å². The third kappa shape index (κ3) is 4.12. The van der Waals surface area contributed by atoms with Crippen molar-refractivity contribution in [2.45, 2.75) is 19.4 Å². The smallest absolute Gasteiger partial charge is 0.163 e. The van der Waals surface area contributed by atoms with E-state index in [1.165, 1.54) is 0 Å². The van der Waals surface area contributed by atoms with Gasteiger partial charge in [0.05, 0.1) is 34.2 Å². The lowest BCUT2D eigenvalue weighted by atomic mass is 10.0. The van der Waals surface area contributed by atoms with Gasteiger partial charge in [0.2, 0.25) is 0 Å². The van der Waals surface area contributed by atoms with E-state index in [2.05, 4.69) is 55.5 Å². The molecule has 0 saturated heterocycles. The Bertz CT molecular complexity index is 1580. The monoisotopic (exact) mass is 512 g/mol. The normalized spacial score (nSPS) is 11.6. The average Bonchev–Trinajstić information content (AvgIpc) is 3.18. The Labute approximate surface area is 204 Å². The number of pyridine rings is 2. The van der Waals surface area contributed by atoms with Crippen molar-refractivity contribution >= 4 is 43.4 Å². The van der Waals surface area contributed by atoms with Gasteiger partial charge >= 0.3 is 0 Å². The number of para-hydroxylation sites is 1. The Kier molecular flexibility index (Phi) is 5.52. The third-order valence-corrected chi connectivity index (χ3v) is 6.06. The van der Waals surface area contributed by atoms with Crippen LogP contribution >= 0.6 is 15.9 Å². The van der Waals surface area contributed by atoms with Crippen LogP contribution in [0.25, 0.3) is 38.6 Å². The first-order chi connectivity index (χ1) is 16.3. The number of rotatable bonds is 5. The van der Waals surface area contributed by atoms with Crippen LogP contribution in [0.4, 0.5) is 5.69 Å². The molecule has 0 amide bonds. The molecule has 2 N–H and O–H groups in total. The van der Waals surface area contributed by atoms with Gasteiger partial charge in [-0.05, 0) is 59.6 Å². The standard InChI is InChI=1S/C26H21BrN6O/c1-26(2,34)15-31-21-11-18(14-30-22(21)12-28)33-23-9-5-7-19(24(23)25(27)32-33)17-10-16-6-3-4-8-20(16)29-13-17/h3-11,13-14,31,34H,15H2,1-2H3. The number of nitriles is 1. The molecule has 0 atom stereocenters. The number of anilines is 1. The predicted octanol–water partition coefficient (Wildman–Crippen LogP) is 5.45. The zero-order valence-electron chi connectivity index (χ0n) is 18.6. The van der Waals surface area contributed by atoms with Crippen molar-refractivity contribution in [1.29, 1.82) is 5.26 Å². The van der Waals surface area contributed by atoms with E-state index in [-0.39, 0.29) is 12.2 Å². The van der Waals surface area contributed by atoms with Crippen molar-refractivity contribution in [3.8, 4) is 22.9 Å². The third-order valence-electron chi connectivity index (χ3n) is 5.50. The molecule has 2 aromatic carbocycles. The summed E-state index contributed by atoms with van der Waals surface area (Å²) in [4.78, 5) is 8.93. The molecule has 7 nitrogen and oxygen atoms in total. The summed E-state index contributed by atoms with van der Waals surface area (Å²) < 4.78 is 2.49. The maximum absolute atomic E-state index is 10.1. The number of benzene rings is 2. The van der Waals surface area contributed by atoms with Crippen LogP contribution in [-0.4, -0.2) is 37.0 Å². The van der Waals surface area contributed by atoms with Gasteiger partial charge in [0.25, 0.3) is 0 Å². The quantitative estimate of drug-likeness (QED) is 0.324. The molecule has 34 heavy (non-hydrogen) atoms. The maximum atomic E-state index is 10.1. The largest absolute Gasteiger partial charge is 0.389 e. The number of hydrogen-bond donors (Lipinski definition) is 2. The Morgan fingerprint density at radius 3 is 2.71 bits per heavy atom. The molecule has 0 saturated carbocycles. The lowest BCUT2D eigenvalue weighted by molar-refractivity contribution is 0.0945. The fourth-order valence-corrected chi connectivity index (χ4v) is 4.46. The van der Waals surface area contributed by atoms with Gasteiger partial charge in [-0.25, -0.2) is 9.67 Å². The minimum Gasteiger partial charge on any atom is -0.389 e. The van der Waals surface area contributed by atoms with Gasteiger partial charge in [0, 0.05) is 29.1 Å². The zero-order valence-corrected chi connectivity index (χ0v) is 20.2. The Balaban J connectivity index is 1.63. The number of nitrogens with zero attached hydrogens (tertiary/aromatic N) is 5. The van der Waals surface area contributed by atoms with Gasteiger partial charge in [0.1, 0.15) is 10.7 Å². The van der Waals surface area contributed by atoms with E-state index >= 15 is 0 Å². The SMILES string of the molecule is CC(C)(O)CNc1cc(-n2nc(Br)c3c(-c4cnc5ccccc5c4)cccc32)cnc1C#N. The van der Waals surface area contributed by atoms with Crippen LogP contribution in [0.3, 0.4) is 0 Å². The molecule has 5 aromatic rings. The van der Waals surface area contributed by atoms with E-state index in [9.17, 15) is 10.4 Å². The molecule has 0 radical (unpaired) electrons. The lowest BCUT2D eigenvalue weighted by Crippen LogP contribution is -2.29. The molecule has 0 unspecified atom stereocenters. The minimum atomic E-state index is -0.938. The number of hydrogen-bond acceptors (Lipinski definition) is 6. The fraction of sp³-hybridized carbons (Fsp3) is 0.154. The highest BCUT2D eigenvalue weighted by molar-refractivity contribution is 9.10. The molecule has 0 bridgehead atoms. The Morgan fingerprint density at radius 1 is 1.09 bits per heavy atom. The second-order valence-electron chi connectivity index (χ2n) is 8.69. The van der Waals surface area contributed by atoms with Crippen LogP contribution < -0.4 is 5.32 Å². The number of aliphatic hydroxyl groups is 1. The molecule has 0 fully saturated rings. The molecule has 3 aromatic heterocycles. The van der Waals surface area contributed by atoms with Crippen LogP contribution in [0.5, 0.6) is 0 Å². The summed E-state index contributed by atoms with van der Waals surface area (Å²) in [5.74, 6) is 0. The summed E-state index contributed by atoms with van der Waals surface area (Å²) >= 11 is 3.64. The average molecular weight is 513 g/mol. The summed E-state index contributed by atoms with van der Waals surface area (Å²) in [5, 5.41) is 29.4. The molecular weight excluding hydrogens is 492 g/mol. The van der Waals surface area contributed by atoms with Crippen LogP contribution in [0, 0.1) is 11.3 Å². The summed E-state index contributed by atoms with van der Waals surface area (Å²) in [7, 11) is 0. The minimum absolute atomic E-state index is 0.256. The molecule has 3 heterocycles. The highest BCUT2D eigenvalue weighted by atomic mass is 79.9. The number of nitrogens with one attached hydrogen (secondary N) is 1. The highest BCUT2D eigenvalue weighted by Crippen LogP contribution is 2.36. The number of halogens is 1. The fourth-order valence-electron chi connectivity index (χ4n) is 3.89. The van der Waals surface area contributed by atoms with E-state index < -0.39 is 5.60 Å². The van der Waals surface area contributed by atoms with Crippen molar-refractivity contribution in [2.75, 3.05) is 11.9 Å². The molecular formula is C26H21BrN6O. The predicted molar refractivity (Wildman–Crippen MR) is 137 cm³/mol. The van der Waals surface area contributed by atoms with Crippen molar-refractivity contribution in [3.63, 3.8) is 0 Å². The lowest BCUT2D eigenvalue weighted by Gasteiger charge is -2.19. The van der Waals surface area contributed by atoms with Gasteiger partial charge in [-0.3, -0.25) is 4.98 Å². The van der Waals surface area contributed by atoms with Crippen LogP contribution in [0.15, 0.2) is 71.6 Å². The zero-order chi connectivity index (χ0) is 23.9. The van der Waals surface area contributed by atoms with E-state index in [1.807, 2.05) is 42.6 Å². The van der Waals surface area contributed by atoms with E-state index in [0.29, 0.717) is 16.0 Å². The van der Waals surface area contributed by atoms with Crippen molar-refractivity contribution in [1.82, 2.24) is 19.7 Å². The van der Waals surface area contributed by atoms with Crippen molar-refractivity contribution in [3.05, 3.63) is 77.3 Å². The van der Waals surface area contributed by atoms with Crippen LogP contribution in [0.2, 0.25) is 0 Å². The molecule has 0 aliphatic carbocycles. The van der Waals surface area contributed by atoms with Gasteiger partial charge < -0.3 is 10.4 Å². The Hall–Kier alpha value is -3.80. The molecule has 0 aliphatic rings. The van der Waals surface area contributed by atoms with Crippen LogP contribution in [0.1, 0.15) is 19.5 Å². The van der Waals surface area contributed by atoms with E-state index in [1.54, 1.807) is 24.7 Å². The molecule has 0 spiro atoms. The van der Waals surface area contributed by atoms with Crippen molar-refractivity contribution < 1.29 is 5.11 Å². The summed E-state index contributed by atoms with van der Waals surface area (Å²) in [5.41, 5.74) is 4.39. The maximum Gasteiger partial charge on any atom is 0.163 e. The number of aromatic nitrogens is 4. The molecule has 168 valence electrons. The first-order valence-electron chi connectivity index (χ1n) is 10.7. The molecule has 0 aliphatic heterocycles. The molecule has 8 heteroatoms.